The Hall–Kier alpha value is -2.44. The van der Waals surface area contributed by atoms with Gasteiger partial charge in [-0.25, -0.2) is 0 Å². The van der Waals surface area contributed by atoms with Gasteiger partial charge in [-0.2, -0.15) is 5.10 Å². The second kappa shape index (κ2) is 6.94. The summed E-state index contributed by atoms with van der Waals surface area (Å²) in [5.41, 5.74) is 3.55. The molecule has 2 aromatic heterocycles. The average Bonchev–Trinajstić information content (AvgIpc) is 3.39. The van der Waals surface area contributed by atoms with Crippen LogP contribution in [-0.4, -0.2) is 28.8 Å². The molecule has 3 aromatic rings. The molecule has 0 saturated heterocycles. The van der Waals surface area contributed by atoms with Gasteiger partial charge in [0.05, 0.1) is 19.1 Å². The van der Waals surface area contributed by atoms with Crippen LogP contribution in [0.3, 0.4) is 0 Å². The van der Waals surface area contributed by atoms with E-state index in [0.717, 1.165) is 18.5 Å². The highest BCUT2D eigenvalue weighted by molar-refractivity contribution is 7.10. The maximum Gasteiger partial charge on any atom is 0.230 e. The summed E-state index contributed by atoms with van der Waals surface area (Å²) in [5.74, 6) is 0.116. The van der Waals surface area contributed by atoms with E-state index < -0.39 is 0 Å². The number of nitrogens with zero attached hydrogens (tertiary/aromatic N) is 3. The Bertz CT molecular complexity index is 950. The van der Waals surface area contributed by atoms with Gasteiger partial charge in [0.15, 0.2) is 0 Å². The van der Waals surface area contributed by atoms with Crippen LogP contribution in [0.25, 0.3) is 0 Å². The predicted molar refractivity (Wildman–Crippen MR) is 105 cm³/mol. The van der Waals surface area contributed by atoms with Crippen LogP contribution < -0.4 is 4.90 Å². The van der Waals surface area contributed by atoms with Crippen molar-refractivity contribution in [2.45, 2.75) is 31.4 Å². The minimum Gasteiger partial charge on any atom is -0.372 e. The van der Waals surface area contributed by atoms with Crippen LogP contribution in [0, 0.1) is 0 Å². The molecule has 2 aliphatic heterocycles. The Balaban J connectivity index is 1.42. The SMILES string of the molecule is O=C(CC1OCCc2ccsc21)N1CC(n2cccn2)Cc2ccccc21. The first-order chi connectivity index (χ1) is 13.3. The van der Waals surface area contributed by atoms with Gasteiger partial charge in [0.2, 0.25) is 5.91 Å². The van der Waals surface area contributed by atoms with Crippen molar-refractivity contribution in [3.8, 4) is 0 Å². The summed E-state index contributed by atoms with van der Waals surface area (Å²) in [6, 6.07) is 12.4. The van der Waals surface area contributed by atoms with Gasteiger partial charge >= 0.3 is 0 Å². The summed E-state index contributed by atoms with van der Waals surface area (Å²) in [5, 5.41) is 6.50. The highest BCUT2D eigenvalue weighted by atomic mass is 32.1. The van der Waals surface area contributed by atoms with E-state index in [1.54, 1.807) is 17.5 Å². The van der Waals surface area contributed by atoms with E-state index in [2.05, 4.69) is 22.6 Å². The maximum atomic E-state index is 13.3. The molecule has 0 radical (unpaired) electrons. The fourth-order valence-electron chi connectivity index (χ4n) is 4.13. The number of ether oxygens (including phenoxy) is 1. The number of rotatable bonds is 3. The van der Waals surface area contributed by atoms with Gasteiger partial charge in [-0.05, 0) is 47.5 Å². The van der Waals surface area contributed by atoms with E-state index >= 15 is 0 Å². The van der Waals surface area contributed by atoms with Gasteiger partial charge in [0, 0.05) is 29.5 Å². The lowest BCUT2D eigenvalue weighted by atomic mass is 9.97. The molecule has 1 amide bonds. The summed E-state index contributed by atoms with van der Waals surface area (Å²) in [7, 11) is 0. The predicted octanol–water partition coefficient (Wildman–Crippen LogP) is 3.78. The number of amides is 1. The lowest BCUT2D eigenvalue weighted by Crippen LogP contribution is -2.41. The highest BCUT2D eigenvalue weighted by Gasteiger charge is 2.32. The lowest BCUT2D eigenvalue weighted by Gasteiger charge is -2.35. The van der Waals surface area contributed by atoms with Crippen molar-refractivity contribution in [2.24, 2.45) is 0 Å². The standard InChI is InChI=1S/C21H21N3O2S/c25-20(13-19-21-15(6-10-26-19)7-11-27-21)23-14-17(24-9-3-8-22-24)12-16-4-1-2-5-18(16)23/h1-5,7-9,11,17,19H,6,10,12-14H2. The molecule has 5 rings (SSSR count). The number of carbonyl (C=O) groups is 1. The van der Waals surface area contributed by atoms with Crippen LogP contribution in [0.1, 0.15) is 34.6 Å². The van der Waals surface area contributed by atoms with Gasteiger partial charge in [0.1, 0.15) is 6.10 Å². The second-order valence-electron chi connectivity index (χ2n) is 7.10. The van der Waals surface area contributed by atoms with Crippen molar-refractivity contribution in [2.75, 3.05) is 18.1 Å². The molecule has 0 spiro atoms. The zero-order valence-corrected chi connectivity index (χ0v) is 15.8. The van der Waals surface area contributed by atoms with Crippen LogP contribution in [0.15, 0.2) is 54.2 Å². The van der Waals surface area contributed by atoms with Crippen molar-refractivity contribution < 1.29 is 9.53 Å². The summed E-state index contributed by atoms with van der Waals surface area (Å²) in [6.07, 6.45) is 5.85. The van der Waals surface area contributed by atoms with Gasteiger partial charge < -0.3 is 9.64 Å². The van der Waals surface area contributed by atoms with E-state index in [4.69, 9.17) is 4.74 Å². The number of thiophene rings is 1. The largest absolute Gasteiger partial charge is 0.372 e. The van der Waals surface area contributed by atoms with E-state index in [1.807, 2.05) is 40.0 Å². The molecule has 1 aromatic carbocycles. The molecular weight excluding hydrogens is 358 g/mol. The maximum absolute atomic E-state index is 13.3. The minimum absolute atomic E-state index is 0.116. The molecule has 4 heterocycles. The Morgan fingerprint density at radius 1 is 1.22 bits per heavy atom. The summed E-state index contributed by atoms with van der Waals surface area (Å²) < 4.78 is 7.92. The molecule has 27 heavy (non-hydrogen) atoms. The number of hydrogen-bond acceptors (Lipinski definition) is 4. The van der Waals surface area contributed by atoms with Crippen molar-refractivity contribution in [1.29, 1.82) is 0 Å². The Labute approximate surface area is 162 Å². The first-order valence-electron chi connectivity index (χ1n) is 9.35. The Morgan fingerprint density at radius 2 is 2.15 bits per heavy atom. The van der Waals surface area contributed by atoms with Crippen molar-refractivity contribution in [1.82, 2.24) is 9.78 Å². The van der Waals surface area contributed by atoms with E-state index in [1.165, 1.54) is 16.0 Å². The number of benzene rings is 1. The summed E-state index contributed by atoms with van der Waals surface area (Å²) in [6.45, 7) is 1.33. The molecule has 0 N–H and O–H groups in total. The van der Waals surface area contributed by atoms with Crippen molar-refractivity contribution >= 4 is 22.9 Å². The summed E-state index contributed by atoms with van der Waals surface area (Å²) >= 11 is 1.70. The van der Waals surface area contributed by atoms with Crippen LogP contribution in [0.2, 0.25) is 0 Å². The lowest BCUT2D eigenvalue weighted by molar-refractivity contribution is -0.122. The number of anilines is 1. The topological polar surface area (TPSA) is 47.4 Å². The molecule has 0 saturated carbocycles. The van der Waals surface area contributed by atoms with Gasteiger partial charge in [-0.15, -0.1) is 11.3 Å². The molecular formula is C21H21N3O2S. The fourth-order valence-corrected chi connectivity index (χ4v) is 5.13. The molecule has 138 valence electrons. The van der Waals surface area contributed by atoms with E-state index in [0.29, 0.717) is 19.6 Å². The van der Waals surface area contributed by atoms with Crippen LogP contribution in [0.4, 0.5) is 5.69 Å². The third kappa shape index (κ3) is 3.09. The molecule has 6 heteroatoms. The number of para-hydroxylation sites is 1. The van der Waals surface area contributed by atoms with E-state index in [9.17, 15) is 4.79 Å². The molecule has 5 nitrogen and oxygen atoms in total. The highest BCUT2D eigenvalue weighted by Crippen LogP contribution is 2.37. The number of hydrogen-bond donors (Lipinski definition) is 0. The first-order valence-corrected chi connectivity index (χ1v) is 10.2. The molecule has 0 fully saturated rings. The second-order valence-corrected chi connectivity index (χ2v) is 8.05. The average molecular weight is 379 g/mol. The van der Waals surface area contributed by atoms with Crippen LogP contribution in [-0.2, 0) is 22.4 Å². The van der Waals surface area contributed by atoms with Crippen molar-refractivity contribution in [3.05, 3.63) is 70.2 Å². The van der Waals surface area contributed by atoms with Crippen LogP contribution >= 0.6 is 11.3 Å². The minimum atomic E-state index is -0.126. The Kier molecular flexibility index (Phi) is 4.30. The Morgan fingerprint density at radius 3 is 3.04 bits per heavy atom. The van der Waals surface area contributed by atoms with Crippen molar-refractivity contribution in [3.63, 3.8) is 0 Å². The smallest absolute Gasteiger partial charge is 0.230 e. The van der Waals surface area contributed by atoms with Gasteiger partial charge in [0.25, 0.3) is 0 Å². The zero-order valence-electron chi connectivity index (χ0n) is 15.0. The monoisotopic (exact) mass is 379 g/mol. The van der Waals surface area contributed by atoms with Gasteiger partial charge in [-0.1, -0.05) is 18.2 Å². The number of carbonyl (C=O) groups excluding carboxylic acids is 1. The quantitative estimate of drug-likeness (QED) is 0.696. The molecule has 2 atom stereocenters. The third-order valence-electron chi connectivity index (χ3n) is 5.45. The molecule has 0 bridgehead atoms. The normalized spacial score (nSPS) is 21.6. The number of aromatic nitrogens is 2. The summed E-state index contributed by atoms with van der Waals surface area (Å²) in [4.78, 5) is 16.4. The van der Waals surface area contributed by atoms with Gasteiger partial charge in [-0.3, -0.25) is 9.48 Å². The molecule has 0 aliphatic carbocycles. The zero-order chi connectivity index (χ0) is 18.2. The van der Waals surface area contributed by atoms with Crippen LogP contribution in [0.5, 0.6) is 0 Å². The fraction of sp³-hybridized carbons (Fsp3) is 0.333. The molecule has 2 aliphatic rings. The first kappa shape index (κ1) is 16.7. The molecule has 2 unspecified atom stereocenters. The number of fused-ring (bicyclic) bond motifs is 2. The third-order valence-corrected chi connectivity index (χ3v) is 6.51. The van der Waals surface area contributed by atoms with E-state index in [-0.39, 0.29) is 18.1 Å².